The minimum absolute atomic E-state index is 0. The molecule has 0 atom stereocenters. The molecular formula is C20H26ClIN6O. The number of amides is 1. The maximum Gasteiger partial charge on any atom is 0.252 e. The molecule has 9 heteroatoms. The summed E-state index contributed by atoms with van der Waals surface area (Å²) in [5.41, 5.74) is 1.63. The van der Waals surface area contributed by atoms with Gasteiger partial charge in [-0.2, -0.15) is 0 Å². The van der Waals surface area contributed by atoms with Crippen molar-refractivity contribution in [3.05, 3.63) is 59.4 Å². The van der Waals surface area contributed by atoms with Crippen molar-refractivity contribution >= 4 is 53.1 Å². The van der Waals surface area contributed by atoms with Crippen molar-refractivity contribution in [2.75, 3.05) is 51.2 Å². The molecule has 0 unspecified atom stereocenters. The molecule has 0 radical (unpaired) electrons. The number of piperazine rings is 1. The van der Waals surface area contributed by atoms with Gasteiger partial charge in [-0.3, -0.25) is 14.8 Å². The van der Waals surface area contributed by atoms with Crippen LogP contribution in [0.5, 0.6) is 0 Å². The van der Waals surface area contributed by atoms with Crippen LogP contribution in [0.3, 0.4) is 0 Å². The Bertz CT molecular complexity index is 812. The predicted octanol–water partition coefficient (Wildman–Crippen LogP) is 2.48. The van der Waals surface area contributed by atoms with Gasteiger partial charge in [0, 0.05) is 58.7 Å². The molecule has 1 saturated heterocycles. The summed E-state index contributed by atoms with van der Waals surface area (Å²) in [6, 6.07) is 11.4. The zero-order chi connectivity index (χ0) is 19.8. The van der Waals surface area contributed by atoms with Crippen molar-refractivity contribution in [3.63, 3.8) is 0 Å². The number of aliphatic imine (C=N–C) groups is 1. The van der Waals surface area contributed by atoms with E-state index in [4.69, 9.17) is 11.6 Å². The first-order valence-electron chi connectivity index (χ1n) is 9.32. The molecular weight excluding hydrogens is 503 g/mol. The van der Waals surface area contributed by atoms with Gasteiger partial charge in [-0.1, -0.05) is 23.7 Å². The lowest BCUT2D eigenvalue weighted by atomic mass is 10.2. The Morgan fingerprint density at radius 1 is 1.10 bits per heavy atom. The molecule has 156 valence electrons. The summed E-state index contributed by atoms with van der Waals surface area (Å²) >= 11 is 6.31. The molecule has 1 fully saturated rings. The molecule has 1 aromatic carbocycles. The molecule has 3 rings (SSSR count). The van der Waals surface area contributed by atoms with E-state index in [1.54, 1.807) is 31.6 Å². The van der Waals surface area contributed by atoms with Gasteiger partial charge < -0.3 is 20.4 Å². The van der Waals surface area contributed by atoms with Crippen LogP contribution in [-0.2, 0) is 0 Å². The van der Waals surface area contributed by atoms with E-state index in [1.165, 1.54) is 0 Å². The number of nitrogens with one attached hydrogen (secondary N) is 2. The molecule has 2 N–H and O–H groups in total. The molecule has 1 aliphatic rings. The highest BCUT2D eigenvalue weighted by Crippen LogP contribution is 2.25. The quantitative estimate of drug-likeness (QED) is 0.270. The van der Waals surface area contributed by atoms with E-state index in [2.05, 4.69) is 36.5 Å². The maximum atomic E-state index is 12.0. The van der Waals surface area contributed by atoms with Gasteiger partial charge in [-0.05, 0) is 24.3 Å². The summed E-state index contributed by atoms with van der Waals surface area (Å²) in [7, 11) is 1.77. The van der Waals surface area contributed by atoms with Crippen molar-refractivity contribution in [1.82, 2.24) is 20.5 Å². The minimum Gasteiger partial charge on any atom is -0.367 e. The Morgan fingerprint density at radius 3 is 2.48 bits per heavy atom. The lowest BCUT2D eigenvalue weighted by Gasteiger charge is -2.38. The van der Waals surface area contributed by atoms with Crippen molar-refractivity contribution < 1.29 is 4.79 Å². The number of carbonyl (C=O) groups excluding carboxylic acids is 1. The zero-order valence-electron chi connectivity index (χ0n) is 16.3. The summed E-state index contributed by atoms with van der Waals surface area (Å²) < 4.78 is 0. The highest BCUT2D eigenvalue weighted by Gasteiger charge is 2.20. The van der Waals surface area contributed by atoms with Crippen LogP contribution in [0.1, 0.15) is 10.4 Å². The molecule has 1 aromatic heterocycles. The van der Waals surface area contributed by atoms with Gasteiger partial charge in [0.1, 0.15) is 0 Å². The monoisotopic (exact) mass is 528 g/mol. The molecule has 0 spiro atoms. The number of hydrogen-bond acceptors (Lipinski definition) is 4. The molecule has 2 aromatic rings. The van der Waals surface area contributed by atoms with Gasteiger partial charge in [0.05, 0.1) is 16.3 Å². The third-order valence-corrected chi connectivity index (χ3v) is 4.92. The third kappa shape index (κ3) is 6.46. The van der Waals surface area contributed by atoms with E-state index >= 15 is 0 Å². The van der Waals surface area contributed by atoms with Crippen LogP contribution in [0.4, 0.5) is 5.69 Å². The molecule has 0 aliphatic carbocycles. The Hall–Kier alpha value is -2.07. The first-order valence-corrected chi connectivity index (χ1v) is 9.70. The number of para-hydroxylation sites is 1. The topological polar surface area (TPSA) is 72.9 Å². The van der Waals surface area contributed by atoms with Crippen molar-refractivity contribution in [1.29, 1.82) is 0 Å². The fourth-order valence-electron chi connectivity index (χ4n) is 3.15. The normalized spacial score (nSPS) is 14.2. The molecule has 29 heavy (non-hydrogen) atoms. The molecule has 1 amide bonds. The molecule has 0 bridgehead atoms. The van der Waals surface area contributed by atoms with Gasteiger partial charge in [0.25, 0.3) is 5.91 Å². The molecule has 1 aliphatic heterocycles. The SMILES string of the molecule is CN=C(NCCNC(=O)c1cccnc1)N1CCN(c2ccccc2Cl)CC1.I. The Labute approximate surface area is 193 Å². The van der Waals surface area contributed by atoms with Crippen LogP contribution >= 0.6 is 35.6 Å². The second kappa shape index (κ2) is 11.8. The number of rotatable bonds is 5. The third-order valence-electron chi connectivity index (χ3n) is 4.60. The number of carbonyl (C=O) groups is 1. The molecule has 2 heterocycles. The largest absolute Gasteiger partial charge is 0.367 e. The van der Waals surface area contributed by atoms with E-state index in [9.17, 15) is 4.79 Å². The van der Waals surface area contributed by atoms with E-state index in [-0.39, 0.29) is 29.9 Å². The first-order chi connectivity index (χ1) is 13.7. The van der Waals surface area contributed by atoms with Gasteiger partial charge in [-0.25, -0.2) is 0 Å². The lowest BCUT2D eigenvalue weighted by Crippen LogP contribution is -2.53. The fraction of sp³-hybridized carbons (Fsp3) is 0.350. The van der Waals surface area contributed by atoms with E-state index < -0.39 is 0 Å². The lowest BCUT2D eigenvalue weighted by molar-refractivity contribution is 0.0954. The number of pyridine rings is 1. The number of hydrogen-bond donors (Lipinski definition) is 2. The second-order valence-corrected chi connectivity index (χ2v) is 6.80. The Kier molecular flexibility index (Phi) is 9.46. The predicted molar refractivity (Wildman–Crippen MR) is 129 cm³/mol. The summed E-state index contributed by atoms with van der Waals surface area (Å²) in [4.78, 5) is 24.9. The minimum atomic E-state index is -0.127. The van der Waals surface area contributed by atoms with Crippen LogP contribution in [0, 0.1) is 0 Å². The number of benzene rings is 1. The van der Waals surface area contributed by atoms with E-state index in [1.807, 2.05) is 18.2 Å². The van der Waals surface area contributed by atoms with Crippen molar-refractivity contribution in [3.8, 4) is 0 Å². The van der Waals surface area contributed by atoms with Crippen LogP contribution in [-0.4, -0.2) is 68.1 Å². The summed E-state index contributed by atoms with van der Waals surface area (Å²) in [5, 5.41) is 6.97. The van der Waals surface area contributed by atoms with Crippen LogP contribution in [0.25, 0.3) is 0 Å². The van der Waals surface area contributed by atoms with Gasteiger partial charge in [-0.15, -0.1) is 24.0 Å². The average molecular weight is 529 g/mol. The number of guanidine groups is 1. The number of anilines is 1. The summed E-state index contributed by atoms with van der Waals surface area (Å²) in [6.07, 6.45) is 3.20. The Morgan fingerprint density at radius 2 is 1.83 bits per heavy atom. The number of nitrogens with zero attached hydrogens (tertiary/aromatic N) is 4. The van der Waals surface area contributed by atoms with E-state index in [0.29, 0.717) is 18.7 Å². The summed E-state index contributed by atoms with van der Waals surface area (Å²) in [5.74, 6) is 0.715. The van der Waals surface area contributed by atoms with Crippen LogP contribution in [0.15, 0.2) is 53.8 Å². The van der Waals surface area contributed by atoms with Crippen LogP contribution < -0.4 is 15.5 Å². The zero-order valence-corrected chi connectivity index (χ0v) is 19.4. The highest BCUT2D eigenvalue weighted by molar-refractivity contribution is 14.0. The van der Waals surface area contributed by atoms with Crippen molar-refractivity contribution in [2.24, 2.45) is 4.99 Å². The highest BCUT2D eigenvalue weighted by atomic mass is 127. The summed E-state index contributed by atoms with van der Waals surface area (Å²) in [6.45, 7) is 4.57. The average Bonchev–Trinajstić information content (AvgIpc) is 2.75. The van der Waals surface area contributed by atoms with Crippen molar-refractivity contribution in [2.45, 2.75) is 0 Å². The van der Waals surface area contributed by atoms with Crippen LogP contribution in [0.2, 0.25) is 5.02 Å². The first kappa shape index (κ1) is 23.2. The van der Waals surface area contributed by atoms with E-state index in [0.717, 1.165) is 42.8 Å². The molecule has 0 saturated carbocycles. The maximum absolute atomic E-state index is 12.0. The fourth-order valence-corrected chi connectivity index (χ4v) is 3.40. The second-order valence-electron chi connectivity index (χ2n) is 6.40. The Balaban J connectivity index is 0.00000300. The standard InChI is InChI=1S/C20H25ClN6O.HI/c1-22-20(25-10-9-24-19(28)16-5-4-8-23-15-16)27-13-11-26(12-14-27)18-7-3-2-6-17(18)21;/h2-8,15H,9-14H2,1H3,(H,22,25)(H,24,28);1H. The number of halogens is 2. The smallest absolute Gasteiger partial charge is 0.252 e. The van der Waals surface area contributed by atoms with Gasteiger partial charge in [0.2, 0.25) is 0 Å². The molecule has 7 nitrogen and oxygen atoms in total. The van der Waals surface area contributed by atoms with Gasteiger partial charge in [0.15, 0.2) is 5.96 Å². The number of aromatic nitrogens is 1. The van der Waals surface area contributed by atoms with Gasteiger partial charge >= 0.3 is 0 Å².